The van der Waals surface area contributed by atoms with Crippen molar-refractivity contribution in [2.45, 2.75) is 30.0 Å². The molecule has 0 aliphatic heterocycles. The second-order valence-corrected chi connectivity index (χ2v) is 7.25. The number of pyridine rings is 1. The molecule has 0 aliphatic carbocycles. The van der Waals surface area contributed by atoms with Gasteiger partial charge in [-0.15, -0.1) is 0 Å². The van der Waals surface area contributed by atoms with E-state index in [-0.39, 0.29) is 11.8 Å². The van der Waals surface area contributed by atoms with Gasteiger partial charge in [-0.25, -0.2) is 15.0 Å². The number of benzene rings is 1. The molecular formula is C18H16Cl2N4OS. The second kappa shape index (κ2) is 8.33. The maximum absolute atomic E-state index is 9.79. The van der Waals surface area contributed by atoms with E-state index in [0.29, 0.717) is 28.0 Å². The number of aromatic nitrogens is 3. The Morgan fingerprint density at radius 2 is 2.00 bits per heavy atom. The summed E-state index contributed by atoms with van der Waals surface area (Å²) in [7, 11) is 0. The van der Waals surface area contributed by atoms with Crippen molar-refractivity contribution in [1.29, 1.82) is 0 Å². The zero-order chi connectivity index (χ0) is 18.7. The van der Waals surface area contributed by atoms with Gasteiger partial charge in [-0.3, -0.25) is 0 Å². The van der Waals surface area contributed by atoms with Gasteiger partial charge in [0.05, 0.1) is 28.7 Å². The molecule has 2 aromatic heterocycles. The maximum atomic E-state index is 9.79. The average molecular weight is 407 g/mol. The Balaban J connectivity index is 2.03. The first-order valence-corrected chi connectivity index (χ1v) is 9.36. The number of hydrogen-bond donors (Lipinski definition) is 2. The lowest BCUT2D eigenvalue weighted by atomic mass is 10.1. The van der Waals surface area contributed by atoms with Gasteiger partial charge in [0.2, 0.25) is 0 Å². The topological polar surface area (TPSA) is 84.9 Å². The summed E-state index contributed by atoms with van der Waals surface area (Å²) in [5.74, 6) is 0. The van der Waals surface area contributed by atoms with Crippen LogP contribution in [0.1, 0.15) is 17.0 Å². The van der Waals surface area contributed by atoms with Crippen molar-refractivity contribution in [3.8, 4) is 11.3 Å². The molecule has 1 aromatic carbocycles. The monoisotopic (exact) mass is 406 g/mol. The fourth-order valence-electron chi connectivity index (χ4n) is 2.41. The van der Waals surface area contributed by atoms with Gasteiger partial charge in [-0.1, -0.05) is 53.2 Å². The highest BCUT2D eigenvalue weighted by Gasteiger charge is 2.16. The summed E-state index contributed by atoms with van der Waals surface area (Å²) < 4.78 is 0. The van der Waals surface area contributed by atoms with Gasteiger partial charge in [-0.05, 0) is 24.6 Å². The molecule has 0 radical (unpaired) electrons. The van der Waals surface area contributed by atoms with Crippen molar-refractivity contribution in [2.75, 3.05) is 0 Å². The van der Waals surface area contributed by atoms with E-state index in [4.69, 9.17) is 28.9 Å². The van der Waals surface area contributed by atoms with Gasteiger partial charge in [0.15, 0.2) is 0 Å². The molecule has 0 fully saturated rings. The molecule has 0 aliphatic rings. The molecule has 3 aromatic rings. The molecule has 3 N–H and O–H groups in total. The van der Waals surface area contributed by atoms with E-state index in [9.17, 15) is 5.11 Å². The Bertz CT molecular complexity index is 952. The Morgan fingerprint density at radius 1 is 1.19 bits per heavy atom. The van der Waals surface area contributed by atoms with Crippen LogP contribution in [0, 0.1) is 6.92 Å². The van der Waals surface area contributed by atoms with Gasteiger partial charge >= 0.3 is 0 Å². The van der Waals surface area contributed by atoms with E-state index in [1.54, 1.807) is 12.3 Å². The van der Waals surface area contributed by atoms with Gasteiger partial charge in [-0.2, -0.15) is 0 Å². The van der Waals surface area contributed by atoms with Crippen LogP contribution in [0.2, 0.25) is 10.2 Å². The molecule has 0 amide bonds. The van der Waals surface area contributed by atoms with Crippen LogP contribution >= 0.6 is 35.0 Å². The minimum atomic E-state index is -0.228. The fraction of sp³-hybridized carbons (Fsp3) is 0.167. The van der Waals surface area contributed by atoms with Crippen LogP contribution in [0.5, 0.6) is 0 Å². The molecule has 5 nitrogen and oxygen atoms in total. The molecule has 0 saturated heterocycles. The van der Waals surface area contributed by atoms with E-state index in [1.807, 2.05) is 31.2 Å². The lowest BCUT2D eigenvalue weighted by Gasteiger charge is -2.12. The van der Waals surface area contributed by atoms with Gasteiger partial charge in [0.1, 0.15) is 10.2 Å². The van der Waals surface area contributed by atoms with Crippen LogP contribution in [0.3, 0.4) is 0 Å². The molecule has 0 atom stereocenters. The lowest BCUT2D eigenvalue weighted by Crippen LogP contribution is -2.03. The van der Waals surface area contributed by atoms with E-state index in [1.165, 1.54) is 11.8 Å². The first kappa shape index (κ1) is 19.1. The molecular weight excluding hydrogens is 391 g/mol. The third-order valence-corrected chi connectivity index (χ3v) is 5.72. The normalized spacial score (nSPS) is 11.0. The largest absolute Gasteiger partial charge is 0.390 e. The summed E-state index contributed by atoms with van der Waals surface area (Å²) >= 11 is 13.5. The number of aliphatic hydroxyl groups is 1. The van der Waals surface area contributed by atoms with Gasteiger partial charge in [0, 0.05) is 23.2 Å². The summed E-state index contributed by atoms with van der Waals surface area (Å²) in [5, 5.41) is 11.0. The van der Waals surface area contributed by atoms with Gasteiger partial charge < -0.3 is 10.8 Å². The molecule has 2 heterocycles. The fourth-order valence-corrected chi connectivity index (χ4v) is 3.72. The first-order valence-electron chi connectivity index (χ1n) is 7.79. The Kier molecular flexibility index (Phi) is 6.11. The van der Waals surface area contributed by atoms with Crippen LogP contribution in [-0.4, -0.2) is 20.1 Å². The number of rotatable bonds is 5. The zero-order valence-electron chi connectivity index (χ0n) is 13.9. The van der Waals surface area contributed by atoms with E-state index in [0.717, 1.165) is 21.7 Å². The smallest absolute Gasteiger partial charge is 0.148 e. The van der Waals surface area contributed by atoms with Crippen LogP contribution in [0.4, 0.5) is 0 Å². The Morgan fingerprint density at radius 3 is 2.73 bits per heavy atom. The lowest BCUT2D eigenvalue weighted by molar-refractivity contribution is 0.276. The van der Waals surface area contributed by atoms with Crippen LogP contribution in [0.25, 0.3) is 11.3 Å². The third-order valence-electron chi connectivity index (χ3n) is 3.70. The Labute approximate surface area is 165 Å². The predicted molar refractivity (Wildman–Crippen MR) is 104 cm³/mol. The first-order chi connectivity index (χ1) is 12.5. The molecule has 0 saturated carbocycles. The summed E-state index contributed by atoms with van der Waals surface area (Å²) in [4.78, 5) is 13.9. The highest BCUT2D eigenvalue weighted by atomic mass is 35.5. The number of halogens is 2. The Hall–Kier alpha value is -1.70. The summed E-state index contributed by atoms with van der Waals surface area (Å²) in [5.41, 5.74) is 9.43. The molecule has 0 spiro atoms. The van der Waals surface area contributed by atoms with Crippen molar-refractivity contribution in [3.05, 3.63) is 63.7 Å². The molecule has 3 rings (SSSR count). The van der Waals surface area contributed by atoms with Crippen LogP contribution < -0.4 is 5.73 Å². The van der Waals surface area contributed by atoms with Crippen LogP contribution in [0.15, 0.2) is 46.5 Å². The highest BCUT2D eigenvalue weighted by molar-refractivity contribution is 7.99. The third kappa shape index (κ3) is 4.00. The molecule has 26 heavy (non-hydrogen) atoms. The van der Waals surface area contributed by atoms with Crippen molar-refractivity contribution in [3.63, 3.8) is 0 Å². The number of nitrogens with zero attached hydrogens (tertiary/aromatic N) is 3. The van der Waals surface area contributed by atoms with E-state index < -0.39 is 0 Å². The molecule has 134 valence electrons. The minimum Gasteiger partial charge on any atom is -0.390 e. The standard InChI is InChI=1S/C18H16Cl2N4OS/c1-10-18(26-14-5-6-22-17(20)15(14)19)24-13(9-25)16(23-10)12-4-2-3-11(7-12)8-21/h2-7,25H,8-9,21H2,1H3. The summed E-state index contributed by atoms with van der Waals surface area (Å²) in [6, 6.07) is 9.50. The number of aliphatic hydroxyl groups excluding tert-OH is 1. The zero-order valence-corrected chi connectivity index (χ0v) is 16.2. The molecule has 0 bridgehead atoms. The minimum absolute atomic E-state index is 0.228. The summed E-state index contributed by atoms with van der Waals surface area (Å²) in [6.45, 7) is 2.07. The highest BCUT2D eigenvalue weighted by Crippen LogP contribution is 2.37. The van der Waals surface area contributed by atoms with E-state index in [2.05, 4.69) is 15.0 Å². The maximum Gasteiger partial charge on any atom is 0.148 e. The van der Waals surface area contributed by atoms with Crippen molar-refractivity contribution in [1.82, 2.24) is 15.0 Å². The number of aryl methyl sites for hydroxylation is 1. The second-order valence-electron chi connectivity index (χ2n) is 5.49. The average Bonchev–Trinajstić information content (AvgIpc) is 2.66. The SMILES string of the molecule is Cc1nc(-c2cccc(CN)c2)c(CO)nc1Sc1ccnc(Cl)c1Cl. The molecule has 8 heteroatoms. The van der Waals surface area contributed by atoms with Crippen molar-refractivity contribution >= 4 is 35.0 Å². The number of hydrogen-bond acceptors (Lipinski definition) is 6. The quantitative estimate of drug-likeness (QED) is 0.615. The van der Waals surface area contributed by atoms with Crippen LogP contribution in [-0.2, 0) is 13.2 Å². The van der Waals surface area contributed by atoms with E-state index >= 15 is 0 Å². The summed E-state index contributed by atoms with van der Waals surface area (Å²) in [6.07, 6.45) is 1.58. The van der Waals surface area contributed by atoms with Gasteiger partial charge in [0.25, 0.3) is 0 Å². The van der Waals surface area contributed by atoms with Crippen molar-refractivity contribution in [2.24, 2.45) is 5.73 Å². The predicted octanol–water partition coefficient (Wildman–Crippen LogP) is 4.26. The molecule has 0 unspecified atom stereocenters. The number of nitrogens with two attached hydrogens (primary N) is 1. The van der Waals surface area contributed by atoms with Crippen molar-refractivity contribution < 1.29 is 5.11 Å².